The molecule has 0 fully saturated rings. The van der Waals surface area contributed by atoms with Crippen LogP contribution in [0, 0.1) is 0 Å². The second kappa shape index (κ2) is 6.61. The number of hydrogen-bond acceptors (Lipinski definition) is 4. The molecule has 5 heteroatoms. The fourth-order valence-corrected chi connectivity index (χ4v) is 1.66. The molecule has 0 saturated carbocycles. The van der Waals surface area contributed by atoms with Gasteiger partial charge >= 0.3 is 0 Å². The van der Waals surface area contributed by atoms with Gasteiger partial charge in [-0.3, -0.25) is 0 Å². The predicted molar refractivity (Wildman–Crippen MR) is 72.4 cm³/mol. The van der Waals surface area contributed by atoms with Crippen molar-refractivity contribution in [2.24, 2.45) is 7.05 Å². The summed E-state index contributed by atoms with van der Waals surface area (Å²) in [7, 11) is 8.21. The average molecular weight is 239 g/mol. The quantitative estimate of drug-likeness (QED) is 0.704. The lowest BCUT2D eigenvalue weighted by Crippen LogP contribution is -2.29. The summed E-state index contributed by atoms with van der Waals surface area (Å²) in [6.07, 6.45) is 1.94. The van der Waals surface area contributed by atoms with Gasteiger partial charge in [0.2, 0.25) is 5.95 Å². The Labute approximate surface area is 104 Å². The van der Waals surface area contributed by atoms with E-state index in [2.05, 4.69) is 40.8 Å². The maximum absolute atomic E-state index is 4.38. The van der Waals surface area contributed by atoms with Crippen LogP contribution in [0.4, 0.5) is 5.95 Å². The fraction of sp³-hybridized carbons (Fsp3) is 0.750. The van der Waals surface area contributed by atoms with E-state index in [-0.39, 0.29) is 0 Å². The van der Waals surface area contributed by atoms with E-state index >= 15 is 0 Å². The monoisotopic (exact) mass is 239 g/mol. The van der Waals surface area contributed by atoms with Crippen molar-refractivity contribution in [3.63, 3.8) is 0 Å². The number of rotatable bonds is 7. The van der Waals surface area contributed by atoms with E-state index in [1.165, 1.54) is 5.69 Å². The van der Waals surface area contributed by atoms with E-state index < -0.39 is 0 Å². The first-order chi connectivity index (χ1) is 8.06. The van der Waals surface area contributed by atoms with Gasteiger partial charge in [-0.2, -0.15) is 0 Å². The molecule has 5 nitrogen and oxygen atoms in total. The molecule has 0 aliphatic rings. The van der Waals surface area contributed by atoms with Crippen molar-refractivity contribution < 1.29 is 0 Å². The first-order valence-electron chi connectivity index (χ1n) is 6.13. The number of aromatic nitrogens is 2. The van der Waals surface area contributed by atoms with Crippen LogP contribution >= 0.6 is 0 Å². The lowest BCUT2D eigenvalue weighted by molar-refractivity contribution is 0.348. The van der Waals surface area contributed by atoms with Crippen LogP contribution in [0.2, 0.25) is 0 Å². The van der Waals surface area contributed by atoms with Gasteiger partial charge in [0.05, 0.1) is 11.9 Å². The molecule has 1 aromatic heterocycles. The number of nitrogens with zero attached hydrogens (tertiary/aromatic N) is 4. The van der Waals surface area contributed by atoms with E-state index in [0.717, 1.165) is 32.1 Å². The summed E-state index contributed by atoms with van der Waals surface area (Å²) >= 11 is 0. The molecule has 1 rings (SSSR count). The Bertz CT molecular complexity index is 332. The van der Waals surface area contributed by atoms with Gasteiger partial charge in [-0.05, 0) is 13.6 Å². The molecule has 1 heterocycles. The minimum absolute atomic E-state index is 0.870. The van der Waals surface area contributed by atoms with Crippen LogP contribution in [0.3, 0.4) is 0 Å². The van der Waals surface area contributed by atoms with Gasteiger partial charge in [0, 0.05) is 40.8 Å². The van der Waals surface area contributed by atoms with E-state index in [1.54, 1.807) is 0 Å². The second-order valence-electron chi connectivity index (χ2n) is 4.58. The van der Waals surface area contributed by atoms with Crippen LogP contribution in [0.25, 0.3) is 0 Å². The Hall–Kier alpha value is -1.07. The predicted octanol–water partition coefficient (Wildman–Crippen LogP) is 0.527. The van der Waals surface area contributed by atoms with Gasteiger partial charge in [0.15, 0.2) is 0 Å². The first kappa shape index (κ1) is 14.0. The van der Waals surface area contributed by atoms with Crippen LogP contribution in [-0.2, 0) is 13.6 Å². The Balaban J connectivity index is 2.37. The zero-order chi connectivity index (χ0) is 12.8. The number of likely N-dealkylation sites (N-methyl/N-ethyl adjacent to an activating group) is 1. The summed E-state index contributed by atoms with van der Waals surface area (Å²) in [5.41, 5.74) is 1.22. The summed E-state index contributed by atoms with van der Waals surface area (Å²) in [5, 5.41) is 3.44. The van der Waals surface area contributed by atoms with E-state index in [4.69, 9.17) is 0 Å². The maximum Gasteiger partial charge on any atom is 0.204 e. The molecule has 0 bridgehead atoms. The van der Waals surface area contributed by atoms with Gasteiger partial charge in [0.25, 0.3) is 0 Å². The zero-order valence-corrected chi connectivity index (χ0v) is 11.7. The Morgan fingerprint density at radius 3 is 2.59 bits per heavy atom. The van der Waals surface area contributed by atoms with Crippen molar-refractivity contribution >= 4 is 5.95 Å². The van der Waals surface area contributed by atoms with Crippen molar-refractivity contribution in [3.8, 4) is 0 Å². The smallest absolute Gasteiger partial charge is 0.204 e. The van der Waals surface area contributed by atoms with Crippen molar-refractivity contribution in [2.45, 2.75) is 13.5 Å². The standard InChI is InChI=1S/C12H25N5/c1-6-16(4)8-7-13-9-11-10-14-12(15(2)3)17(11)5/h10,13H,6-9H2,1-5H3. The van der Waals surface area contributed by atoms with E-state index in [0.29, 0.717) is 0 Å². The summed E-state index contributed by atoms with van der Waals surface area (Å²) in [4.78, 5) is 8.70. The Morgan fingerprint density at radius 2 is 2.06 bits per heavy atom. The Kier molecular flexibility index (Phi) is 5.44. The van der Waals surface area contributed by atoms with Crippen LogP contribution in [0.1, 0.15) is 12.6 Å². The first-order valence-corrected chi connectivity index (χ1v) is 6.13. The zero-order valence-electron chi connectivity index (χ0n) is 11.7. The SMILES string of the molecule is CCN(C)CCNCc1cnc(N(C)C)n1C. The molecule has 0 radical (unpaired) electrons. The third-order valence-electron chi connectivity index (χ3n) is 2.98. The number of imidazole rings is 1. The largest absolute Gasteiger partial charge is 0.348 e. The summed E-state index contributed by atoms with van der Waals surface area (Å²) < 4.78 is 2.12. The van der Waals surface area contributed by atoms with Crippen LogP contribution in [-0.4, -0.2) is 55.2 Å². The van der Waals surface area contributed by atoms with Crippen LogP contribution in [0.5, 0.6) is 0 Å². The summed E-state index contributed by atoms with van der Waals surface area (Å²) in [6, 6.07) is 0. The Morgan fingerprint density at radius 1 is 1.35 bits per heavy atom. The van der Waals surface area contributed by atoms with Gasteiger partial charge in [-0.25, -0.2) is 4.98 Å². The minimum atomic E-state index is 0.870. The number of hydrogen-bond donors (Lipinski definition) is 1. The number of anilines is 1. The van der Waals surface area contributed by atoms with Crippen molar-refractivity contribution in [3.05, 3.63) is 11.9 Å². The molecule has 0 aliphatic heterocycles. The minimum Gasteiger partial charge on any atom is -0.348 e. The highest BCUT2D eigenvalue weighted by molar-refractivity contribution is 5.30. The topological polar surface area (TPSA) is 36.3 Å². The second-order valence-corrected chi connectivity index (χ2v) is 4.58. The fourth-order valence-electron chi connectivity index (χ4n) is 1.66. The van der Waals surface area contributed by atoms with Gasteiger partial charge in [-0.15, -0.1) is 0 Å². The molecular weight excluding hydrogens is 214 g/mol. The van der Waals surface area contributed by atoms with Gasteiger partial charge < -0.3 is 19.7 Å². The van der Waals surface area contributed by atoms with Gasteiger partial charge in [-0.1, -0.05) is 6.92 Å². The third-order valence-corrected chi connectivity index (χ3v) is 2.98. The van der Waals surface area contributed by atoms with Crippen LogP contribution in [0.15, 0.2) is 6.20 Å². The molecule has 17 heavy (non-hydrogen) atoms. The molecule has 1 N–H and O–H groups in total. The van der Waals surface area contributed by atoms with E-state index in [1.807, 2.05) is 25.2 Å². The molecular formula is C12H25N5. The van der Waals surface area contributed by atoms with Crippen molar-refractivity contribution in [1.82, 2.24) is 19.8 Å². The lowest BCUT2D eigenvalue weighted by atomic mass is 10.4. The molecule has 0 aliphatic carbocycles. The maximum atomic E-state index is 4.38. The van der Waals surface area contributed by atoms with Crippen LogP contribution < -0.4 is 10.2 Å². The van der Waals surface area contributed by atoms with E-state index in [9.17, 15) is 0 Å². The highest BCUT2D eigenvalue weighted by Crippen LogP contribution is 2.10. The molecule has 0 atom stereocenters. The highest BCUT2D eigenvalue weighted by atomic mass is 15.3. The molecule has 1 aromatic rings. The highest BCUT2D eigenvalue weighted by Gasteiger charge is 2.07. The normalized spacial score (nSPS) is 11.2. The molecule has 0 amide bonds. The summed E-state index contributed by atoms with van der Waals surface area (Å²) in [6.45, 7) is 6.22. The van der Waals surface area contributed by atoms with Gasteiger partial charge in [0.1, 0.15) is 0 Å². The molecule has 0 spiro atoms. The third kappa shape index (κ3) is 4.02. The number of nitrogens with one attached hydrogen (secondary N) is 1. The van der Waals surface area contributed by atoms with Crippen molar-refractivity contribution in [2.75, 3.05) is 45.7 Å². The molecule has 98 valence electrons. The lowest BCUT2D eigenvalue weighted by Gasteiger charge is -2.15. The molecule has 0 saturated heterocycles. The average Bonchev–Trinajstić information content (AvgIpc) is 2.66. The van der Waals surface area contributed by atoms with Crippen molar-refractivity contribution in [1.29, 1.82) is 0 Å². The molecule has 0 unspecified atom stereocenters. The summed E-state index contributed by atoms with van der Waals surface area (Å²) in [5.74, 6) is 0.993. The molecule has 0 aromatic carbocycles.